The Morgan fingerprint density at radius 3 is 2.83 bits per heavy atom. The molecule has 6 heteroatoms. The first-order valence-electron chi connectivity index (χ1n) is 7.56. The lowest BCUT2D eigenvalue weighted by atomic mass is 10.2. The largest absolute Gasteiger partial charge is 0.497 e. The first kappa shape index (κ1) is 16.9. The molecule has 0 atom stereocenters. The summed E-state index contributed by atoms with van der Waals surface area (Å²) in [5.74, 6) is 1.60. The molecule has 0 amide bonds. The highest BCUT2D eigenvalue weighted by Gasteiger charge is 2.09. The van der Waals surface area contributed by atoms with E-state index in [1.54, 1.807) is 48.0 Å². The Morgan fingerprint density at radius 2 is 2.08 bits per heavy atom. The van der Waals surface area contributed by atoms with Crippen molar-refractivity contribution >= 4 is 34.3 Å². The summed E-state index contributed by atoms with van der Waals surface area (Å²) in [5.41, 5.74) is 1.58. The van der Waals surface area contributed by atoms with Crippen LogP contribution < -0.4 is 10.3 Å². The maximum atomic E-state index is 12.8. The third kappa shape index (κ3) is 3.42. The van der Waals surface area contributed by atoms with Crippen molar-refractivity contribution in [2.24, 2.45) is 0 Å². The number of ether oxygens (including phenoxy) is 1. The van der Waals surface area contributed by atoms with Crippen LogP contribution in [0.4, 0.5) is 0 Å². The summed E-state index contributed by atoms with van der Waals surface area (Å²) < 4.78 is 6.81. The molecular weight excluding hydrogens is 344 g/mol. The molecule has 3 rings (SSSR count). The van der Waals surface area contributed by atoms with Crippen LogP contribution in [0, 0.1) is 0 Å². The lowest BCUT2D eigenvalue weighted by Gasteiger charge is -2.12. The van der Waals surface area contributed by atoms with Crippen LogP contribution in [0.5, 0.6) is 5.75 Å². The van der Waals surface area contributed by atoms with E-state index in [-0.39, 0.29) is 5.56 Å². The van der Waals surface area contributed by atoms with E-state index in [9.17, 15) is 4.79 Å². The molecule has 0 aliphatic rings. The number of thioether (sulfide) groups is 1. The molecule has 0 radical (unpaired) electrons. The van der Waals surface area contributed by atoms with Gasteiger partial charge in [-0.3, -0.25) is 9.36 Å². The van der Waals surface area contributed by atoms with Gasteiger partial charge >= 0.3 is 0 Å². The number of aromatic nitrogens is 2. The Hall–Kier alpha value is -1.98. The van der Waals surface area contributed by atoms with E-state index < -0.39 is 0 Å². The summed E-state index contributed by atoms with van der Waals surface area (Å²) in [7, 11) is 1.58. The van der Waals surface area contributed by atoms with Gasteiger partial charge in [-0.05, 0) is 47.7 Å². The molecule has 124 valence electrons. The minimum Gasteiger partial charge on any atom is -0.497 e. The van der Waals surface area contributed by atoms with E-state index in [0.717, 1.165) is 16.2 Å². The van der Waals surface area contributed by atoms with Gasteiger partial charge in [0, 0.05) is 9.92 Å². The molecule has 3 aromatic rings. The van der Waals surface area contributed by atoms with Crippen LogP contribution in [0.2, 0.25) is 5.02 Å². The molecule has 0 bridgehead atoms. The summed E-state index contributed by atoms with van der Waals surface area (Å²) in [5, 5.41) is 1.21. The lowest BCUT2D eigenvalue weighted by molar-refractivity contribution is 0.415. The van der Waals surface area contributed by atoms with Crippen molar-refractivity contribution in [1.29, 1.82) is 0 Å². The van der Waals surface area contributed by atoms with Gasteiger partial charge in [-0.25, -0.2) is 4.98 Å². The van der Waals surface area contributed by atoms with Crippen LogP contribution >= 0.6 is 23.4 Å². The Bertz CT molecular complexity index is 940. The van der Waals surface area contributed by atoms with E-state index in [4.69, 9.17) is 16.3 Å². The average molecular weight is 361 g/mol. The Morgan fingerprint density at radius 1 is 1.25 bits per heavy atom. The molecular formula is C18H17ClN2O2S. The number of rotatable bonds is 5. The monoisotopic (exact) mass is 360 g/mol. The molecule has 0 spiro atoms. The van der Waals surface area contributed by atoms with Gasteiger partial charge < -0.3 is 4.74 Å². The number of hydrogen-bond acceptors (Lipinski definition) is 4. The second kappa shape index (κ2) is 7.28. The maximum Gasteiger partial charge on any atom is 0.261 e. The summed E-state index contributed by atoms with van der Waals surface area (Å²) in [6.45, 7) is 2.53. The molecule has 0 aliphatic carbocycles. The number of nitrogens with zero attached hydrogens (tertiary/aromatic N) is 2. The second-order valence-corrected chi connectivity index (χ2v) is 6.99. The molecule has 1 aromatic heterocycles. The fourth-order valence-electron chi connectivity index (χ4n) is 2.53. The van der Waals surface area contributed by atoms with Gasteiger partial charge in [0.25, 0.3) is 5.56 Å². The van der Waals surface area contributed by atoms with E-state index >= 15 is 0 Å². The number of halogens is 1. The number of hydrogen-bond donors (Lipinski definition) is 0. The third-order valence-corrected chi connectivity index (χ3v) is 4.93. The Kier molecular flexibility index (Phi) is 5.11. The Balaban J connectivity index is 2.06. The van der Waals surface area contributed by atoms with E-state index in [0.29, 0.717) is 28.2 Å². The van der Waals surface area contributed by atoms with Gasteiger partial charge in [0.05, 0.1) is 30.9 Å². The Labute approximate surface area is 149 Å². The molecule has 0 saturated carbocycles. The molecule has 0 fully saturated rings. The first-order valence-corrected chi connectivity index (χ1v) is 8.93. The van der Waals surface area contributed by atoms with Gasteiger partial charge in [-0.1, -0.05) is 18.5 Å². The zero-order chi connectivity index (χ0) is 17.1. The van der Waals surface area contributed by atoms with Gasteiger partial charge in [0.1, 0.15) is 5.75 Å². The van der Waals surface area contributed by atoms with Crippen molar-refractivity contribution in [2.45, 2.75) is 18.4 Å². The quantitative estimate of drug-likeness (QED) is 0.639. The van der Waals surface area contributed by atoms with E-state index in [2.05, 4.69) is 11.9 Å². The maximum absolute atomic E-state index is 12.8. The summed E-state index contributed by atoms with van der Waals surface area (Å²) in [6, 6.07) is 11.1. The van der Waals surface area contributed by atoms with Gasteiger partial charge in [0.15, 0.2) is 0 Å². The molecule has 4 nitrogen and oxygen atoms in total. The summed E-state index contributed by atoms with van der Waals surface area (Å²) >= 11 is 7.86. The van der Waals surface area contributed by atoms with Crippen molar-refractivity contribution in [3.05, 3.63) is 63.7 Å². The first-order chi connectivity index (χ1) is 11.6. The predicted octanol–water partition coefficient (Wildman–Crippen LogP) is 4.22. The highest BCUT2D eigenvalue weighted by molar-refractivity contribution is 7.99. The van der Waals surface area contributed by atoms with Crippen molar-refractivity contribution < 1.29 is 4.74 Å². The van der Waals surface area contributed by atoms with Crippen LogP contribution in [0.1, 0.15) is 12.5 Å². The van der Waals surface area contributed by atoms with Crippen LogP contribution in [0.15, 0.2) is 52.4 Å². The van der Waals surface area contributed by atoms with Crippen molar-refractivity contribution in [2.75, 3.05) is 12.9 Å². The van der Waals surface area contributed by atoms with Gasteiger partial charge in [0.2, 0.25) is 0 Å². The summed E-state index contributed by atoms with van der Waals surface area (Å²) in [4.78, 5) is 18.3. The SMILES string of the molecule is CCSc1ccc(Cl)cc1Cn1cnc2ccc(OC)cc2c1=O. The molecule has 2 aromatic carbocycles. The fraction of sp³-hybridized carbons (Fsp3) is 0.222. The van der Waals surface area contributed by atoms with E-state index in [1.807, 2.05) is 18.2 Å². The van der Waals surface area contributed by atoms with Crippen molar-refractivity contribution in [1.82, 2.24) is 9.55 Å². The topological polar surface area (TPSA) is 44.1 Å². The number of fused-ring (bicyclic) bond motifs is 1. The van der Waals surface area contributed by atoms with Crippen LogP contribution in [-0.2, 0) is 6.54 Å². The molecule has 24 heavy (non-hydrogen) atoms. The third-order valence-electron chi connectivity index (χ3n) is 3.69. The van der Waals surface area contributed by atoms with Crippen molar-refractivity contribution in [3.8, 4) is 5.75 Å². The number of benzene rings is 2. The molecule has 0 unspecified atom stereocenters. The van der Waals surface area contributed by atoms with Crippen molar-refractivity contribution in [3.63, 3.8) is 0 Å². The standard InChI is InChI=1S/C18H17ClN2O2S/c1-3-24-17-7-4-13(19)8-12(17)10-21-11-20-16-6-5-14(23-2)9-15(16)18(21)22/h4-9,11H,3,10H2,1-2H3. The fourth-order valence-corrected chi connectivity index (χ4v) is 3.51. The molecule has 0 N–H and O–H groups in total. The van der Waals surface area contributed by atoms with Crippen LogP contribution in [-0.4, -0.2) is 22.4 Å². The number of methoxy groups -OCH3 is 1. The van der Waals surface area contributed by atoms with Crippen LogP contribution in [0.3, 0.4) is 0 Å². The lowest BCUT2D eigenvalue weighted by Crippen LogP contribution is -2.21. The summed E-state index contributed by atoms with van der Waals surface area (Å²) in [6.07, 6.45) is 1.58. The zero-order valence-corrected chi connectivity index (χ0v) is 15.0. The zero-order valence-electron chi connectivity index (χ0n) is 13.5. The minimum atomic E-state index is -0.0914. The highest BCUT2D eigenvalue weighted by atomic mass is 35.5. The highest BCUT2D eigenvalue weighted by Crippen LogP contribution is 2.26. The molecule has 0 aliphatic heterocycles. The predicted molar refractivity (Wildman–Crippen MR) is 99.5 cm³/mol. The molecule has 1 heterocycles. The second-order valence-electron chi connectivity index (χ2n) is 5.25. The normalized spacial score (nSPS) is 11.0. The van der Waals surface area contributed by atoms with E-state index in [1.165, 1.54) is 0 Å². The van der Waals surface area contributed by atoms with Gasteiger partial charge in [-0.2, -0.15) is 0 Å². The van der Waals surface area contributed by atoms with Gasteiger partial charge in [-0.15, -0.1) is 11.8 Å². The molecule has 0 saturated heterocycles. The average Bonchev–Trinajstić information content (AvgIpc) is 2.59. The minimum absolute atomic E-state index is 0.0914. The smallest absolute Gasteiger partial charge is 0.261 e. The van der Waals surface area contributed by atoms with Crippen LogP contribution in [0.25, 0.3) is 10.9 Å².